The minimum atomic E-state index is -0.536. The van der Waals surface area contributed by atoms with Crippen molar-refractivity contribution < 1.29 is 4.92 Å². The average molecular weight is 215 g/mol. The van der Waals surface area contributed by atoms with Crippen LogP contribution in [0.1, 0.15) is 0 Å². The van der Waals surface area contributed by atoms with Crippen LogP contribution in [-0.2, 0) is 0 Å². The molecule has 2 aromatic rings. The molecule has 5 nitrogen and oxygen atoms in total. The van der Waals surface area contributed by atoms with Gasteiger partial charge in [-0.1, -0.05) is 30.3 Å². The zero-order chi connectivity index (χ0) is 11.5. The lowest BCUT2D eigenvalue weighted by atomic mass is 10.1. The first-order valence-corrected chi connectivity index (χ1v) is 4.65. The van der Waals surface area contributed by atoms with Gasteiger partial charge in [0.1, 0.15) is 0 Å². The van der Waals surface area contributed by atoms with Gasteiger partial charge in [0.05, 0.1) is 5.69 Å². The largest absolute Gasteiger partial charge is 0.395 e. The highest BCUT2D eigenvalue weighted by Crippen LogP contribution is 2.25. The molecule has 5 heteroatoms. The third-order valence-electron chi connectivity index (χ3n) is 2.15. The third kappa shape index (κ3) is 1.83. The van der Waals surface area contributed by atoms with E-state index in [-0.39, 0.29) is 5.82 Å². The number of rotatable bonds is 2. The summed E-state index contributed by atoms with van der Waals surface area (Å²) in [6.07, 6.45) is 0. The molecule has 16 heavy (non-hydrogen) atoms. The van der Waals surface area contributed by atoms with Crippen molar-refractivity contribution in [1.29, 1.82) is 0 Å². The van der Waals surface area contributed by atoms with Crippen LogP contribution in [0.3, 0.4) is 0 Å². The fourth-order valence-corrected chi connectivity index (χ4v) is 1.39. The minimum absolute atomic E-state index is 0.201. The van der Waals surface area contributed by atoms with Gasteiger partial charge in [0.25, 0.3) is 0 Å². The van der Waals surface area contributed by atoms with Crippen molar-refractivity contribution in [1.82, 2.24) is 4.98 Å². The number of nitrogens with zero attached hydrogens (tertiary/aromatic N) is 2. The van der Waals surface area contributed by atoms with E-state index in [0.717, 1.165) is 5.56 Å². The Morgan fingerprint density at radius 3 is 2.44 bits per heavy atom. The summed E-state index contributed by atoms with van der Waals surface area (Å²) in [5, 5.41) is 10.6. The highest BCUT2D eigenvalue weighted by Gasteiger charge is 2.14. The van der Waals surface area contributed by atoms with E-state index in [1.807, 2.05) is 30.3 Å². The van der Waals surface area contributed by atoms with E-state index >= 15 is 0 Å². The summed E-state index contributed by atoms with van der Waals surface area (Å²) < 4.78 is 0. The lowest BCUT2D eigenvalue weighted by Crippen LogP contribution is -1.98. The second kappa shape index (κ2) is 3.98. The number of anilines is 1. The van der Waals surface area contributed by atoms with Crippen molar-refractivity contribution in [2.24, 2.45) is 0 Å². The smallest absolute Gasteiger partial charge is 0.364 e. The lowest BCUT2D eigenvalue weighted by molar-refractivity contribution is -0.389. The summed E-state index contributed by atoms with van der Waals surface area (Å²) in [5.41, 5.74) is 7.37. The van der Waals surface area contributed by atoms with Gasteiger partial charge in [-0.3, -0.25) is 0 Å². The van der Waals surface area contributed by atoms with Crippen molar-refractivity contribution in [3.8, 4) is 11.3 Å². The van der Waals surface area contributed by atoms with Gasteiger partial charge in [-0.15, -0.1) is 0 Å². The summed E-state index contributed by atoms with van der Waals surface area (Å²) in [5.74, 6) is -0.201. The maximum absolute atomic E-state index is 10.6. The fourth-order valence-electron chi connectivity index (χ4n) is 1.39. The Bertz CT molecular complexity index is 526. The standard InChI is InChI=1S/C11H9N3O2/c12-9-6-7-10(14(15)16)13-11(9)8-4-2-1-3-5-8/h1-7H,12H2. The Kier molecular flexibility index (Phi) is 2.51. The highest BCUT2D eigenvalue weighted by atomic mass is 16.6. The van der Waals surface area contributed by atoms with Gasteiger partial charge in [0.15, 0.2) is 0 Å². The van der Waals surface area contributed by atoms with E-state index in [4.69, 9.17) is 5.73 Å². The summed E-state index contributed by atoms with van der Waals surface area (Å²) in [7, 11) is 0. The summed E-state index contributed by atoms with van der Waals surface area (Å²) in [6, 6.07) is 11.9. The van der Waals surface area contributed by atoms with Gasteiger partial charge in [-0.25, -0.2) is 0 Å². The van der Waals surface area contributed by atoms with Crippen molar-refractivity contribution in [3.63, 3.8) is 0 Å². The molecular weight excluding hydrogens is 206 g/mol. The second-order valence-electron chi connectivity index (χ2n) is 3.23. The fraction of sp³-hybridized carbons (Fsp3) is 0. The Balaban J connectivity index is 2.56. The van der Waals surface area contributed by atoms with Crippen LogP contribution in [0.25, 0.3) is 11.3 Å². The first kappa shape index (κ1) is 10.1. The van der Waals surface area contributed by atoms with Gasteiger partial charge in [-0.05, 0) is 16.0 Å². The van der Waals surface area contributed by atoms with Gasteiger partial charge in [0, 0.05) is 11.6 Å². The van der Waals surface area contributed by atoms with Crippen molar-refractivity contribution in [3.05, 3.63) is 52.6 Å². The highest BCUT2D eigenvalue weighted by molar-refractivity contribution is 5.73. The number of pyridine rings is 1. The van der Waals surface area contributed by atoms with Crippen molar-refractivity contribution in [2.75, 3.05) is 5.73 Å². The van der Waals surface area contributed by atoms with Crippen LogP contribution in [0.5, 0.6) is 0 Å². The van der Waals surface area contributed by atoms with Crippen LogP contribution in [0.15, 0.2) is 42.5 Å². The molecule has 0 atom stereocenters. The molecule has 1 aromatic carbocycles. The summed E-state index contributed by atoms with van der Waals surface area (Å²) in [4.78, 5) is 14.0. The number of benzene rings is 1. The Morgan fingerprint density at radius 2 is 1.81 bits per heavy atom. The molecule has 0 saturated carbocycles. The Labute approximate surface area is 91.7 Å². The van der Waals surface area contributed by atoms with Crippen molar-refractivity contribution >= 4 is 11.5 Å². The van der Waals surface area contributed by atoms with Crippen LogP contribution < -0.4 is 5.73 Å². The molecule has 0 unspecified atom stereocenters. The molecule has 0 radical (unpaired) electrons. The third-order valence-corrected chi connectivity index (χ3v) is 2.15. The number of hydrogen-bond acceptors (Lipinski definition) is 4. The molecule has 2 rings (SSSR count). The minimum Gasteiger partial charge on any atom is -0.395 e. The number of aromatic nitrogens is 1. The summed E-state index contributed by atoms with van der Waals surface area (Å²) in [6.45, 7) is 0. The molecule has 0 aliphatic carbocycles. The number of nitro groups is 1. The topological polar surface area (TPSA) is 82.0 Å². The van der Waals surface area contributed by atoms with Crippen LogP contribution >= 0.6 is 0 Å². The van der Waals surface area contributed by atoms with E-state index in [1.165, 1.54) is 12.1 Å². The predicted molar refractivity (Wildman–Crippen MR) is 60.7 cm³/mol. The molecule has 0 aliphatic heterocycles. The first-order chi connectivity index (χ1) is 7.68. The SMILES string of the molecule is Nc1ccc([N+](=O)[O-])nc1-c1ccccc1. The Hall–Kier alpha value is -2.43. The molecule has 2 N–H and O–H groups in total. The average Bonchev–Trinajstić information content (AvgIpc) is 2.30. The van der Waals surface area contributed by atoms with Gasteiger partial charge < -0.3 is 15.8 Å². The van der Waals surface area contributed by atoms with Crippen LogP contribution in [0.4, 0.5) is 11.5 Å². The predicted octanol–water partition coefficient (Wildman–Crippen LogP) is 2.24. The molecule has 0 spiro atoms. The zero-order valence-corrected chi connectivity index (χ0v) is 8.33. The van der Waals surface area contributed by atoms with E-state index in [1.54, 1.807) is 0 Å². The Morgan fingerprint density at radius 1 is 1.12 bits per heavy atom. The van der Waals surface area contributed by atoms with Gasteiger partial charge in [-0.2, -0.15) is 0 Å². The molecule has 1 aromatic heterocycles. The van der Waals surface area contributed by atoms with Gasteiger partial charge >= 0.3 is 5.82 Å². The molecule has 0 aliphatic rings. The second-order valence-corrected chi connectivity index (χ2v) is 3.23. The molecular formula is C11H9N3O2. The maximum Gasteiger partial charge on any atom is 0.364 e. The van der Waals surface area contributed by atoms with E-state index < -0.39 is 4.92 Å². The monoisotopic (exact) mass is 215 g/mol. The number of nitrogen functional groups attached to an aromatic ring is 1. The molecule has 0 fully saturated rings. The quantitative estimate of drug-likeness (QED) is 0.615. The normalized spacial score (nSPS) is 10.0. The lowest BCUT2D eigenvalue weighted by Gasteiger charge is -2.00. The molecule has 0 saturated heterocycles. The summed E-state index contributed by atoms with van der Waals surface area (Å²) >= 11 is 0. The van der Waals surface area contributed by atoms with E-state index in [2.05, 4.69) is 4.98 Å². The van der Waals surface area contributed by atoms with E-state index in [9.17, 15) is 10.1 Å². The zero-order valence-electron chi connectivity index (χ0n) is 8.33. The van der Waals surface area contributed by atoms with E-state index in [0.29, 0.717) is 11.4 Å². The van der Waals surface area contributed by atoms with Crippen molar-refractivity contribution in [2.45, 2.75) is 0 Å². The van der Waals surface area contributed by atoms with Gasteiger partial charge in [0.2, 0.25) is 5.69 Å². The maximum atomic E-state index is 10.6. The van der Waals surface area contributed by atoms with Crippen LogP contribution in [0, 0.1) is 10.1 Å². The number of nitrogens with two attached hydrogens (primary N) is 1. The first-order valence-electron chi connectivity index (χ1n) is 4.65. The molecule has 0 amide bonds. The van der Waals surface area contributed by atoms with Crippen LogP contribution in [-0.4, -0.2) is 9.91 Å². The molecule has 80 valence electrons. The molecule has 1 heterocycles. The molecule has 0 bridgehead atoms. The number of hydrogen-bond donors (Lipinski definition) is 1. The van der Waals surface area contributed by atoms with Crippen LogP contribution in [0.2, 0.25) is 0 Å².